The lowest BCUT2D eigenvalue weighted by atomic mass is 10.2. The van der Waals surface area contributed by atoms with Gasteiger partial charge in [-0.15, -0.1) is 0 Å². The van der Waals surface area contributed by atoms with E-state index in [0.717, 1.165) is 19.5 Å². The van der Waals surface area contributed by atoms with Gasteiger partial charge in [0.25, 0.3) is 5.91 Å². The van der Waals surface area contributed by atoms with Crippen LogP contribution in [0.25, 0.3) is 0 Å². The van der Waals surface area contributed by atoms with Gasteiger partial charge in [-0.3, -0.25) is 9.48 Å². The molecule has 2 heterocycles. The molecule has 1 unspecified atom stereocenters. The van der Waals surface area contributed by atoms with Crippen LogP contribution < -0.4 is 11.1 Å². The van der Waals surface area contributed by atoms with Crippen LogP contribution in [0.15, 0.2) is 6.20 Å². The minimum absolute atomic E-state index is 0.133. The quantitative estimate of drug-likeness (QED) is 0.704. The van der Waals surface area contributed by atoms with Crippen molar-refractivity contribution in [3.8, 4) is 0 Å². The average molecular weight is 223 g/mol. The molecule has 1 aromatic rings. The highest BCUT2D eigenvalue weighted by molar-refractivity contribution is 5.98. The van der Waals surface area contributed by atoms with Crippen molar-refractivity contribution in [1.29, 1.82) is 0 Å². The van der Waals surface area contributed by atoms with Gasteiger partial charge in [0.05, 0.1) is 6.20 Å². The van der Waals surface area contributed by atoms with E-state index in [1.54, 1.807) is 7.05 Å². The van der Waals surface area contributed by atoms with E-state index in [-0.39, 0.29) is 11.9 Å². The molecule has 3 N–H and O–H groups in total. The summed E-state index contributed by atoms with van der Waals surface area (Å²) in [4.78, 5) is 14.1. The van der Waals surface area contributed by atoms with Crippen LogP contribution in [0.3, 0.4) is 0 Å². The lowest BCUT2D eigenvalue weighted by molar-refractivity contribution is 0.0939. The molecule has 1 aliphatic heterocycles. The molecule has 1 amide bonds. The molecular formula is C10H17N5O. The van der Waals surface area contributed by atoms with Gasteiger partial charge in [0.2, 0.25) is 0 Å². The third kappa shape index (κ3) is 2.01. The van der Waals surface area contributed by atoms with Crippen molar-refractivity contribution in [2.75, 3.05) is 25.9 Å². The number of carbonyl (C=O) groups is 1. The molecule has 0 saturated carbocycles. The van der Waals surface area contributed by atoms with Crippen molar-refractivity contribution >= 4 is 11.7 Å². The molecule has 6 nitrogen and oxygen atoms in total. The Hall–Kier alpha value is -1.56. The van der Waals surface area contributed by atoms with Crippen LogP contribution in [-0.4, -0.2) is 46.8 Å². The molecule has 0 radical (unpaired) electrons. The number of amides is 1. The Bertz CT molecular complexity index is 400. The summed E-state index contributed by atoms with van der Waals surface area (Å²) < 4.78 is 1.50. The van der Waals surface area contributed by atoms with E-state index in [9.17, 15) is 4.79 Å². The van der Waals surface area contributed by atoms with Crippen molar-refractivity contribution < 1.29 is 4.79 Å². The number of nitrogens with two attached hydrogens (primary N) is 1. The Morgan fingerprint density at radius 2 is 2.38 bits per heavy atom. The molecule has 0 spiro atoms. The summed E-state index contributed by atoms with van der Waals surface area (Å²) in [7, 11) is 3.76. The summed E-state index contributed by atoms with van der Waals surface area (Å²) in [6.07, 6.45) is 2.49. The fraction of sp³-hybridized carbons (Fsp3) is 0.600. The Kier molecular flexibility index (Phi) is 2.82. The molecule has 1 atom stereocenters. The molecule has 0 bridgehead atoms. The van der Waals surface area contributed by atoms with Gasteiger partial charge in [-0.05, 0) is 20.0 Å². The van der Waals surface area contributed by atoms with Crippen LogP contribution in [0.2, 0.25) is 0 Å². The second kappa shape index (κ2) is 4.13. The lowest BCUT2D eigenvalue weighted by Gasteiger charge is -2.12. The molecule has 1 fully saturated rings. The van der Waals surface area contributed by atoms with Crippen molar-refractivity contribution in [2.24, 2.45) is 7.05 Å². The molecule has 1 aliphatic rings. The number of nitrogen functional groups attached to an aromatic ring is 1. The molecule has 2 rings (SSSR count). The number of hydrogen-bond donors (Lipinski definition) is 2. The maximum absolute atomic E-state index is 11.9. The number of likely N-dealkylation sites (tertiary alicyclic amines) is 1. The van der Waals surface area contributed by atoms with Gasteiger partial charge >= 0.3 is 0 Å². The van der Waals surface area contributed by atoms with Gasteiger partial charge in [0, 0.05) is 19.6 Å². The largest absolute Gasteiger partial charge is 0.383 e. The highest BCUT2D eigenvalue weighted by Crippen LogP contribution is 2.11. The standard InChI is InChI=1S/C10H17N5O/c1-14-4-3-7(6-14)13-10(16)8-5-12-15(2)9(8)11/h5,7H,3-4,6,11H2,1-2H3,(H,13,16). The number of hydrogen-bond acceptors (Lipinski definition) is 4. The zero-order valence-electron chi connectivity index (χ0n) is 9.60. The summed E-state index contributed by atoms with van der Waals surface area (Å²) in [6, 6.07) is 0.220. The fourth-order valence-electron chi connectivity index (χ4n) is 1.94. The summed E-state index contributed by atoms with van der Waals surface area (Å²) >= 11 is 0. The maximum Gasteiger partial charge on any atom is 0.256 e. The van der Waals surface area contributed by atoms with Gasteiger partial charge < -0.3 is 16.0 Å². The average Bonchev–Trinajstić information content (AvgIpc) is 2.76. The van der Waals surface area contributed by atoms with Crippen molar-refractivity contribution in [3.63, 3.8) is 0 Å². The van der Waals surface area contributed by atoms with E-state index < -0.39 is 0 Å². The Balaban J connectivity index is 2.01. The number of nitrogens with one attached hydrogen (secondary N) is 1. The molecular weight excluding hydrogens is 206 g/mol. The first kappa shape index (κ1) is 10.9. The van der Waals surface area contributed by atoms with E-state index in [1.165, 1.54) is 10.9 Å². The Morgan fingerprint density at radius 3 is 2.88 bits per heavy atom. The molecule has 0 aliphatic carbocycles. The van der Waals surface area contributed by atoms with Gasteiger partial charge in [-0.1, -0.05) is 0 Å². The number of anilines is 1. The van der Waals surface area contributed by atoms with Crippen molar-refractivity contribution in [2.45, 2.75) is 12.5 Å². The number of likely N-dealkylation sites (N-methyl/N-ethyl adjacent to an activating group) is 1. The summed E-state index contributed by atoms with van der Waals surface area (Å²) in [5.74, 6) is 0.273. The first-order valence-electron chi connectivity index (χ1n) is 5.35. The van der Waals surface area contributed by atoms with Gasteiger partial charge in [0.15, 0.2) is 0 Å². The van der Waals surface area contributed by atoms with Gasteiger partial charge in [-0.2, -0.15) is 5.10 Å². The van der Waals surface area contributed by atoms with Crippen LogP contribution in [0.5, 0.6) is 0 Å². The Labute approximate surface area is 94.4 Å². The molecule has 1 aromatic heterocycles. The van der Waals surface area contributed by atoms with Crippen molar-refractivity contribution in [3.05, 3.63) is 11.8 Å². The second-order valence-corrected chi connectivity index (χ2v) is 4.29. The first-order chi connectivity index (χ1) is 7.58. The second-order valence-electron chi connectivity index (χ2n) is 4.29. The summed E-state index contributed by atoms with van der Waals surface area (Å²) in [6.45, 7) is 1.92. The first-order valence-corrected chi connectivity index (χ1v) is 5.35. The van der Waals surface area contributed by atoms with Crippen LogP contribution in [0.4, 0.5) is 5.82 Å². The SMILES string of the molecule is CN1CCC(NC(=O)c2cnn(C)c2N)C1. The maximum atomic E-state index is 11.9. The summed E-state index contributed by atoms with van der Waals surface area (Å²) in [5.41, 5.74) is 6.19. The molecule has 6 heteroatoms. The normalized spacial score (nSPS) is 21.2. The predicted molar refractivity (Wildman–Crippen MR) is 61.0 cm³/mol. The zero-order chi connectivity index (χ0) is 11.7. The summed E-state index contributed by atoms with van der Waals surface area (Å²) in [5, 5.41) is 6.91. The van der Waals surface area contributed by atoms with Crippen LogP contribution >= 0.6 is 0 Å². The zero-order valence-corrected chi connectivity index (χ0v) is 9.60. The lowest BCUT2D eigenvalue weighted by Crippen LogP contribution is -2.36. The molecule has 0 aromatic carbocycles. The number of rotatable bonds is 2. The monoisotopic (exact) mass is 223 g/mol. The van der Waals surface area contributed by atoms with Crippen molar-refractivity contribution in [1.82, 2.24) is 20.0 Å². The number of carbonyl (C=O) groups excluding carboxylic acids is 1. The highest BCUT2D eigenvalue weighted by Gasteiger charge is 2.23. The Morgan fingerprint density at radius 1 is 1.62 bits per heavy atom. The van der Waals surface area contributed by atoms with E-state index in [0.29, 0.717) is 11.4 Å². The topological polar surface area (TPSA) is 76.2 Å². The highest BCUT2D eigenvalue weighted by atomic mass is 16.1. The van der Waals surface area contributed by atoms with Crippen LogP contribution in [0, 0.1) is 0 Å². The van der Waals surface area contributed by atoms with Crippen LogP contribution in [-0.2, 0) is 7.05 Å². The third-order valence-electron chi connectivity index (χ3n) is 2.96. The van der Waals surface area contributed by atoms with E-state index in [4.69, 9.17) is 5.73 Å². The number of aryl methyl sites for hydroxylation is 1. The smallest absolute Gasteiger partial charge is 0.256 e. The van der Waals surface area contributed by atoms with Gasteiger partial charge in [-0.25, -0.2) is 0 Å². The van der Waals surface area contributed by atoms with E-state index in [1.807, 2.05) is 7.05 Å². The number of aromatic nitrogens is 2. The fourth-order valence-corrected chi connectivity index (χ4v) is 1.94. The van der Waals surface area contributed by atoms with Gasteiger partial charge in [0.1, 0.15) is 11.4 Å². The van der Waals surface area contributed by atoms with Crippen LogP contribution in [0.1, 0.15) is 16.8 Å². The third-order valence-corrected chi connectivity index (χ3v) is 2.96. The minimum Gasteiger partial charge on any atom is -0.383 e. The molecule has 88 valence electrons. The molecule has 1 saturated heterocycles. The van der Waals surface area contributed by atoms with E-state index in [2.05, 4.69) is 15.3 Å². The van der Waals surface area contributed by atoms with E-state index >= 15 is 0 Å². The predicted octanol–water partition coefficient (Wildman–Crippen LogP) is -0.564. The number of nitrogens with zero attached hydrogens (tertiary/aromatic N) is 3. The molecule has 16 heavy (non-hydrogen) atoms. The minimum atomic E-state index is -0.133.